The summed E-state index contributed by atoms with van der Waals surface area (Å²) in [4.78, 5) is 0. The van der Waals surface area contributed by atoms with Gasteiger partial charge in [0.15, 0.2) is 11.5 Å². The third-order valence-corrected chi connectivity index (χ3v) is 2.74. The minimum atomic E-state index is -0.154. The van der Waals surface area contributed by atoms with Crippen LogP contribution in [-0.2, 0) is 0 Å². The molecular weight excluding hydrogens is 232 g/mol. The highest BCUT2D eigenvalue weighted by Gasteiger charge is 2.17. The molecule has 4 N–H and O–H groups in total. The van der Waals surface area contributed by atoms with Crippen molar-refractivity contribution in [3.63, 3.8) is 0 Å². The summed E-state index contributed by atoms with van der Waals surface area (Å²) >= 11 is 0. The van der Waals surface area contributed by atoms with Gasteiger partial charge in [-0.25, -0.2) is 0 Å². The van der Waals surface area contributed by atoms with E-state index in [2.05, 4.69) is 0 Å². The number of methoxy groups -OCH3 is 3. The SMILES string of the molecule is COc1cc(C(N)CC(C)N)cc(OC)c1OC. The van der Waals surface area contributed by atoms with E-state index in [4.69, 9.17) is 25.7 Å². The number of ether oxygens (including phenoxy) is 3. The van der Waals surface area contributed by atoms with Crippen molar-refractivity contribution in [1.82, 2.24) is 0 Å². The highest BCUT2D eigenvalue weighted by atomic mass is 16.5. The molecule has 0 amide bonds. The van der Waals surface area contributed by atoms with Crippen molar-refractivity contribution < 1.29 is 14.2 Å². The molecule has 0 fully saturated rings. The van der Waals surface area contributed by atoms with Crippen molar-refractivity contribution in [2.75, 3.05) is 21.3 Å². The average Bonchev–Trinajstić information content (AvgIpc) is 2.35. The second-order valence-electron chi connectivity index (χ2n) is 4.28. The van der Waals surface area contributed by atoms with Gasteiger partial charge in [-0.05, 0) is 31.0 Å². The van der Waals surface area contributed by atoms with Crippen molar-refractivity contribution >= 4 is 0 Å². The van der Waals surface area contributed by atoms with Gasteiger partial charge in [0.1, 0.15) is 0 Å². The van der Waals surface area contributed by atoms with Crippen LogP contribution < -0.4 is 25.7 Å². The monoisotopic (exact) mass is 254 g/mol. The first-order chi connectivity index (χ1) is 8.53. The van der Waals surface area contributed by atoms with E-state index in [0.29, 0.717) is 23.7 Å². The maximum absolute atomic E-state index is 6.10. The second kappa shape index (κ2) is 6.47. The Morgan fingerprint density at radius 2 is 1.50 bits per heavy atom. The van der Waals surface area contributed by atoms with Gasteiger partial charge in [0.05, 0.1) is 21.3 Å². The van der Waals surface area contributed by atoms with E-state index in [1.807, 2.05) is 19.1 Å². The molecule has 5 nitrogen and oxygen atoms in total. The first-order valence-corrected chi connectivity index (χ1v) is 5.84. The van der Waals surface area contributed by atoms with E-state index in [9.17, 15) is 0 Å². The Balaban J connectivity index is 3.14. The smallest absolute Gasteiger partial charge is 0.203 e. The Hall–Kier alpha value is -1.46. The molecule has 0 aliphatic carbocycles. The zero-order valence-electron chi connectivity index (χ0n) is 11.4. The molecule has 0 saturated heterocycles. The summed E-state index contributed by atoms with van der Waals surface area (Å²) in [6.07, 6.45) is 0.693. The third kappa shape index (κ3) is 3.27. The molecule has 0 heterocycles. The summed E-state index contributed by atoms with van der Waals surface area (Å²) in [5.74, 6) is 1.77. The van der Waals surface area contributed by atoms with E-state index < -0.39 is 0 Å². The fourth-order valence-corrected chi connectivity index (χ4v) is 1.85. The summed E-state index contributed by atoms with van der Waals surface area (Å²) < 4.78 is 15.8. The zero-order valence-corrected chi connectivity index (χ0v) is 11.4. The molecule has 102 valence electrons. The molecule has 2 unspecified atom stereocenters. The van der Waals surface area contributed by atoms with Gasteiger partial charge < -0.3 is 25.7 Å². The maximum Gasteiger partial charge on any atom is 0.203 e. The molecule has 2 atom stereocenters. The van der Waals surface area contributed by atoms with Crippen LogP contribution >= 0.6 is 0 Å². The molecule has 0 radical (unpaired) electrons. The topological polar surface area (TPSA) is 79.7 Å². The number of hydrogen-bond donors (Lipinski definition) is 2. The highest BCUT2D eigenvalue weighted by Crippen LogP contribution is 2.39. The molecule has 1 aromatic rings. The van der Waals surface area contributed by atoms with Crippen molar-refractivity contribution in [2.24, 2.45) is 11.5 Å². The first kappa shape index (κ1) is 14.6. The molecule has 0 aliphatic rings. The summed E-state index contributed by atoms with van der Waals surface area (Å²) in [5.41, 5.74) is 12.8. The van der Waals surface area contributed by atoms with Crippen LogP contribution in [0.1, 0.15) is 24.9 Å². The molecule has 0 bridgehead atoms. The van der Waals surface area contributed by atoms with Gasteiger partial charge in [-0.3, -0.25) is 0 Å². The highest BCUT2D eigenvalue weighted by molar-refractivity contribution is 5.54. The predicted molar refractivity (Wildman–Crippen MR) is 71.3 cm³/mol. The fraction of sp³-hybridized carbons (Fsp3) is 0.538. The Labute approximate surface area is 108 Å². The lowest BCUT2D eigenvalue weighted by molar-refractivity contribution is 0.323. The quantitative estimate of drug-likeness (QED) is 0.803. The van der Waals surface area contributed by atoms with E-state index in [-0.39, 0.29) is 12.1 Å². The number of rotatable bonds is 6. The van der Waals surface area contributed by atoms with Crippen LogP contribution in [0, 0.1) is 0 Å². The lowest BCUT2D eigenvalue weighted by Gasteiger charge is -2.18. The van der Waals surface area contributed by atoms with Crippen molar-refractivity contribution in [3.05, 3.63) is 17.7 Å². The van der Waals surface area contributed by atoms with Gasteiger partial charge in [-0.2, -0.15) is 0 Å². The number of nitrogens with two attached hydrogens (primary N) is 2. The van der Waals surface area contributed by atoms with Crippen LogP contribution in [0.4, 0.5) is 0 Å². The summed E-state index contributed by atoms with van der Waals surface area (Å²) in [6, 6.07) is 3.60. The maximum atomic E-state index is 6.10. The Morgan fingerprint density at radius 1 is 1.00 bits per heavy atom. The van der Waals surface area contributed by atoms with Gasteiger partial charge >= 0.3 is 0 Å². The van der Waals surface area contributed by atoms with Gasteiger partial charge in [-0.15, -0.1) is 0 Å². The Bertz CT molecular complexity index is 369. The predicted octanol–water partition coefficient (Wildman–Crippen LogP) is 1.45. The minimum Gasteiger partial charge on any atom is -0.493 e. The molecule has 0 saturated carbocycles. The van der Waals surface area contributed by atoms with Crippen LogP contribution in [-0.4, -0.2) is 27.4 Å². The van der Waals surface area contributed by atoms with Crippen LogP contribution in [0.3, 0.4) is 0 Å². The molecule has 0 spiro atoms. The van der Waals surface area contributed by atoms with Crippen molar-refractivity contribution in [2.45, 2.75) is 25.4 Å². The molecule has 18 heavy (non-hydrogen) atoms. The average molecular weight is 254 g/mol. The van der Waals surface area contributed by atoms with Gasteiger partial charge in [0, 0.05) is 12.1 Å². The van der Waals surface area contributed by atoms with Crippen LogP contribution in [0.25, 0.3) is 0 Å². The van der Waals surface area contributed by atoms with Crippen LogP contribution in [0.2, 0.25) is 0 Å². The number of hydrogen-bond acceptors (Lipinski definition) is 5. The van der Waals surface area contributed by atoms with E-state index in [0.717, 1.165) is 5.56 Å². The molecule has 0 aromatic heterocycles. The summed E-state index contributed by atoms with van der Waals surface area (Å²) in [7, 11) is 4.73. The largest absolute Gasteiger partial charge is 0.493 e. The van der Waals surface area contributed by atoms with Crippen molar-refractivity contribution in [3.8, 4) is 17.2 Å². The Kier molecular flexibility index (Phi) is 5.25. The zero-order chi connectivity index (χ0) is 13.7. The van der Waals surface area contributed by atoms with E-state index >= 15 is 0 Å². The molecule has 0 aliphatic heterocycles. The third-order valence-electron chi connectivity index (χ3n) is 2.74. The van der Waals surface area contributed by atoms with Gasteiger partial charge in [0.2, 0.25) is 5.75 Å². The van der Waals surface area contributed by atoms with Crippen molar-refractivity contribution in [1.29, 1.82) is 0 Å². The summed E-state index contributed by atoms with van der Waals surface area (Å²) in [6.45, 7) is 1.93. The van der Waals surface area contributed by atoms with Gasteiger partial charge in [-0.1, -0.05) is 0 Å². The summed E-state index contributed by atoms with van der Waals surface area (Å²) in [5, 5.41) is 0. The minimum absolute atomic E-state index is 0.0408. The van der Waals surface area contributed by atoms with E-state index in [1.165, 1.54) is 0 Å². The lowest BCUT2D eigenvalue weighted by Crippen LogP contribution is -2.23. The molecular formula is C13H22N2O3. The molecule has 1 rings (SSSR count). The first-order valence-electron chi connectivity index (χ1n) is 5.84. The van der Waals surface area contributed by atoms with Crippen LogP contribution in [0.15, 0.2) is 12.1 Å². The van der Waals surface area contributed by atoms with Gasteiger partial charge in [0.25, 0.3) is 0 Å². The lowest BCUT2D eigenvalue weighted by atomic mass is 10.0. The molecule has 5 heteroatoms. The second-order valence-corrected chi connectivity index (χ2v) is 4.28. The standard InChI is InChI=1S/C13H22N2O3/c1-8(14)5-10(15)9-6-11(16-2)13(18-4)12(7-9)17-3/h6-8,10H,5,14-15H2,1-4H3. The Morgan fingerprint density at radius 3 is 1.83 bits per heavy atom. The molecule has 1 aromatic carbocycles. The van der Waals surface area contributed by atoms with E-state index in [1.54, 1.807) is 21.3 Å². The fourth-order valence-electron chi connectivity index (χ4n) is 1.85. The number of benzene rings is 1. The normalized spacial score (nSPS) is 13.9. The van der Waals surface area contributed by atoms with Crippen LogP contribution in [0.5, 0.6) is 17.2 Å².